The predicted octanol–water partition coefficient (Wildman–Crippen LogP) is 2.31. The number of rotatable bonds is 6. The number of aryl methyl sites for hydroxylation is 1. The van der Waals surface area contributed by atoms with Crippen molar-refractivity contribution in [1.82, 2.24) is 5.32 Å². The molecule has 0 aromatic heterocycles. The Morgan fingerprint density at radius 2 is 1.95 bits per heavy atom. The zero-order valence-electron chi connectivity index (χ0n) is 11.8. The number of benzene rings is 1. The van der Waals surface area contributed by atoms with Crippen molar-refractivity contribution in [3.8, 4) is 0 Å². The van der Waals surface area contributed by atoms with Crippen molar-refractivity contribution >= 4 is 17.4 Å². The molecule has 0 saturated carbocycles. The van der Waals surface area contributed by atoms with Crippen molar-refractivity contribution in [2.24, 2.45) is 5.92 Å². The van der Waals surface area contributed by atoms with Crippen LogP contribution in [0.1, 0.15) is 42.6 Å². The number of amides is 1. The molecule has 0 radical (unpaired) electrons. The molecule has 3 N–H and O–H groups in total. The SMILES string of the molecule is Cc1ccc(C(=O)CCC(=O)NCC(C)C)cc1N. The first-order chi connectivity index (χ1) is 8.90. The number of nitrogen functional groups attached to an aromatic ring is 1. The minimum atomic E-state index is -0.0814. The minimum absolute atomic E-state index is 0.0496. The second-order valence-electron chi connectivity index (χ2n) is 5.19. The first kappa shape index (κ1) is 15.2. The highest BCUT2D eigenvalue weighted by molar-refractivity contribution is 5.98. The van der Waals surface area contributed by atoms with E-state index in [1.807, 2.05) is 26.8 Å². The summed E-state index contributed by atoms with van der Waals surface area (Å²) in [4.78, 5) is 23.4. The molecular formula is C15H22N2O2. The van der Waals surface area contributed by atoms with Gasteiger partial charge in [-0.25, -0.2) is 0 Å². The monoisotopic (exact) mass is 262 g/mol. The van der Waals surface area contributed by atoms with Gasteiger partial charge in [0, 0.05) is 30.6 Å². The fourth-order valence-electron chi connectivity index (χ4n) is 1.59. The maximum atomic E-state index is 11.9. The quantitative estimate of drug-likeness (QED) is 0.610. The zero-order valence-corrected chi connectivity index (χ0v) is 11.8. The highest BCUT2D eigenvalue weighted by Gasteiger charge is 2.10. The molecule has 1 aromatic carbocycles. The van der Waals surface area contributed by atoms with E-state index in [0.717, 1.165) is 5.56 Å². The van der Waals surface area contributed by atoms with Crippen molar-refractivity contribution in [3.63, 3.8) is 0 Å². The molecule has 0 saturated heterocycles. The lowest BCUT2D eigenvalue weighted by molar-refractivity contribution is -0.121. The third-order valence-electron chi connectivity index (χ3n) is 2.89. The highest BCUT2D eigenvalue weighted by Crippen LogP contribution is 2.14. The molecule has 0 spiro atoms. The van der Waals surface area contributed by atoms with Gasteiger partial charge < -0.3 is 11.1 Å². The average Bonchev–Trinajstić information content (AvgIpc) is 2.36. The number of nitrogens with one attached hydrogen (secondary N) is 1. The van der Waals surface area contributed by atoms with Gasteiger partial charge in [-0.15, -0.1) is 0 Å². The summed E-state index contributed by atoms with van der Waals surface area (Å²) in [7, 11) is 0. The Hall–Kier alpha value is -1.84. The summed E-state index contributed by atoms with van der Waals surface area (Å²) in [6.45, 7) is 6.59. The molecule has 0 heterocycles. The lowest BCUT2D eigenvalue weighted by Gasteiger charge is -2.07. The van der Waals surface area contributed by atoms with Crippen LogP contribution in [0.2, 0.25) is 0 Å². The number of anilines is 1. The maximum Gasteiger partial charge on any atom is 0.220 e. The summed E-state index contributed by atoms with van der Waals surface area (Å²) in [6, 6.07) is 5.24. The fraction of sp³-hybridized carbons (Fsp3) is 0.467. The average molecular weight is 262 g/mol. The lowest BCUT2D eigenvalue weighted by atomic mass is 10.0. The van der Waals surface area contributed by atoms with E-state index in [1.54, 1.807) is 12.1 Å². The van der Waals surface area contributed by atoms with Crippen LogP contribution in [0.25, 0.3) is 0 Å². The number of carbonyl (C=O) groups excluding carboxylic acids is 2. The molecule has 4 heteroatoms. The van der Waals surface area contributed by atoms with Crippen LogP contribution in [0.3, 0.4) is 0 Å². The number of nitrogens with two attached hydrogens (primary N) is 1. The van der Waals surface area contributed by atoms with E-state index in [9.17, 15) is 9.59 Å². The van der Waals surface area contributed by atoms with Gasteiger partial charge in [-0.05, 0) is 24.5 Å². The fourth-order valence-corrected chi connectivity index (χ4v) is 1.59. The highest BCUT2D eigenvalue weighted by atomic mass is 16.2. The van der Waals surface area contributed by atoms with E-state index in [1.165, 1.54) is 0 Å². The molecule has 0 fully saturated rings. The summed E-state index contributed by atoms with van der Waals surface area (Å²) >= 11 is 0. The van der Waals surface area contributed by atoms with Crippen LogP contribution in [0, 0.1) is 12.8 Å². The summed E-state index contributed by atoms with van der Waals surface area (Å²) in [5, 5.41) is 2.79. The number of Topliss-reactive ketones (excluding diaryl/α,β-unsaturated/α-hetero) is 1. The van der Waals surface area contributed by atoms with Gasteiger partial charge in [0.05, 0.1) is 0 Å². The zero-order chi connectivity index (χ0) is 14.4. The van der Waals surface area contributed by atoms with Gasteiger partial charge in [0.15, 0.2) is 5.78 Å². The first-order valence-electron chi connectivity index (χ1n) is 6.56. The Kier molecular flexibility index (Phi) is 5.55. The summed E-state index contributed by atoms with van der Waals surface area (Å²) in [6.07, 6.45) is 0.436. The standard InChI is InChI=1S/C15H22N2O2/c1-10(2)9-17-15(19)7-6-14(18)12-5-4-11(3)13(16)8-12/h4-5,8,10H,6-7,9,16H2,1-3H3,(H,17,19). The van der Waals surface area contributed by atoms with Gasteiger partial charge >= 0.3 is 0 Å². The predicted molar refractivity (Wildman–Crippen MR) is 77.0 cm³/mol. The molecule has 104 valence electrons. The van der Waals surface area contributed by atoms with Crippen LogP contribution >= 0.6 is 0 Å². The van der Waals surface area contributed by atoms with Crippen molar-refractivity contribution in [2.45, 2.75) is 33.6 Å². The Labute approximate surface area is 114 Å². The van der Waals surface area contributed by atoms with E-state index in [2.05, 4.69) is 5.32 Å². The molecular weight excluding hydrogens is 240 g/mol. The van der Waals surface area contributed by atoms with Crippen LogP contribution < -0.4 is 11.1 Å². The lowest BCUT2D eigenvalue weighted by Crippen LogP contribution is -2.27. The number of carbonyl (C=O) groups is 2. The number of ketones is 1. The normalized spacial score (nSPS) is 10.5. The van der Waals surface area contributed by atoms with Gasteiger partial charge in [0.2, 0.25) is 5.91 Å². The van der Waals surface area contributed by atoms with E-state index >= 15 is 0 Å². The number of hydrogen-bond donors (Lipinski definition) is 2. The molecule has 4 nitrogen and oxygen atoms in total. The molecule has 0 unspecified atom stereocenters. The topological polar surface area (TPSA) is 72.2 Å². The smallest absolute Gasteiger partial charge is 0.220 e. The van der Waals surface area contributed by atoms with E-state index in [0.29, 0.717) is 23.7 Å². The molecule has 0 aliphatic carbocycles. The van der Waals surface area contributed by atoms with Gasteiger partial charge in [-0.2, -0.15) is 0 Å². The van der Waals surface area contributed by atoms with Gasteiger partial charge in [0.25, 0.3) is 0 Å². The molecule has 1 rings (SSSR count). The van der Waals surface area contributed by atoms with Crippen LogP contribution in [0.5, 0.6) is 0 Å². The minimum Gasteiger partial charge on any atom is -0.398 e. The van der Waals surface area contributed by atoms with Crippen molar-refractivity contribution in [2.75, 3.05) is 12.3 Å². The van der Waals surface area contributed by atoms with Crippen LogP contribution in [-0.4, -0.2) is 18.2 Å². The van der Waals surface area contributed by atoms with Crippen molar-refractivity contribution in [3.05, 3.63) is 29.3 Å². The summed E-state index contributed by atoms with van der Waals surface area (Å²) < 4.78 is 0. The van der Waals surface area contributed by atoms with Gasteiger partial charge in [-0.3, -0.25) is 9.59 Å². The van der Waals surface area contributed by atoms with Crippen LogP contribution in [0.4, 0.5) is 5.69 Å². The second-order valence-corrected chi connectivity index (χ2v) is 5.19. The number of hydrogen-bond acceptors (Lipinski definition) is 3. The van der Waals surface area contributed by atoms with E-state index in [-0.39, 0.29) is 24.5 Å². The van der Waals surface area contributed by atoms with Crippen molar-refractivity contribution in [1.29, 1.82) is 0 Å². The summed E-state index contributed by atoms with van der Waals surface area (Å²) in [5.74, 6) is 0.282. The van der Waals surface area contributed by atoms with Crippen molar-refractivity contribution < 1.29 is 9.59 Å². The Balaban J connectivity index is 2.47. The van der Waals surface area contributed by atoms with Gasteiger partial charge in [0.1, 0.15) is 0 Å². The third-order valence-corrected chi connectivity index (χ3v) is 2.89. The second kappa shape index (κ2) is 6.92. The van der Waals surface area contributed by atoms with E-state index < -0.39 is 0 Å². The molecule has 0 aliphatic rings. The molecule has 19 heavy (non-hydrogen) atoms. The molecule has 0 bridgehead atoms. The Morgan fingerprint density at radius 3 is 2.53 bits per heavy atom. The molecule has 1 amide bonds. The Bertz CT molecular complexity index is 467. The first-order valence-corrected chi connectivity index (χ1v) is 6.56. The largest absolute Gasteiger partial charge is 0.398 e. The van der Waals surface area contributed by atoms with Gasteiger partial charge in [-0.1, -0.05) is 26.0 Å². The molecule has 0 aliphatic heterocycles. The molecule has 1 aromatic rings. The summed E-state index contributed by atoms with van der Waals surface area (Å²) in [5.41, 5.74) is 7.89. The Morgan fingerprint density at radius 1 is 1.26 bits per heavy atom. The third kappa shape index (κ3) is 5.12. The maximum absolute atomic E-state index is 11.9. The molecule has 0 atom stereocenters. The van der Waals surface area contributed by atoms with Crippen LogP contribution in [0.15, 0.2) is 18.2 Å². The van der Waals surface area contributed by atoms with E-state index in [4.69, 9.17) is 5.73 Å². The van der Waals surface area contributed by atoms with Crippen LogP contribution in [-0.2, 0) is 4.79 Å².